The number of benzene rings is 2. The molecular formula is C17H18BrNO. The van der Waals surface area contributed by atoms with Crippen LogP contribution in [-0.2, 0) is 0 Å². The van der Waals surface area contributed by atoms with Crippen LogP contribution in [0.1, 0.15) is 41.3 Å². The van der Waals surface area contributed by atoms with Crippen LogP contribution in [-0.4, -0.2) is 5.91 Å². The Morgan fingerprint density at radius 2 is 1.85 bits per heavy atom. The summed E-state index contributed by atoms with van der Waals surface area (Å²) in [7, 11) is 0. The maximum Gasteiger partial charge on any atom is 0.256 e. The van der Waals surface area contributed by atoms with Gasteiger partial charge in [-0.15, -0.1) is 0 Å². The number of carbonyl (C=O) groups excluding carboxylic acids is 1. The Bertz CT molecular complexity index is 635. The number of rotatable bonds is 3. The van der Waals surface area contributed by atoms with Gasteiger partial charge in [0.25, 0.3) is 5.91 Å². The zero-order valence-corrected chi connectivity index (χ0v) is 13.5. The summed E-state index contributed by atoms with van der Waals surface area (Å²) in [4.78, 5) is 12.3. The van der Waals surface area contributed by atoms with Crippen molar-refractivity contribution in [2.24, 2.45) is 0 Å². The summed E-state index contributed by atoms with van der Waals surface area (Å²) in [6, 6.07) is 13.7. The number of hydrogen-bond donors (Lipinski definition) is 1. The van der Waals surface area contributed by atoms with E-state index in [2.05, 4.69) is 41.2 Å². The molecule has 20 heavy (non-hydrogen) atoms. The van der Waals surface area contributed by atoms with Gasteiger partial charge in [-0.05, 0) is 58.1 Å². The van der Waals surface area contributed by atoms with Crippen molar-refractivity contribution in [1.29, 1.82) is 0 Å². The van der Waals surface area contributed by atoms with Crippen LogP contribution in [0.3, 0.4) is 0 Å². The lowest BCUT2D eigenvalue weighted by Crippen LogP contribution is -2.13. The molecule has 0 atom stereocenters. The van der Waals surface area contributed by atoms with Crippen molar-refractivity contribution in [3.05, 3.63) is 63.6 Å². The van der Waals surface area contributed by atoms with Crippen LogP contribution in [0.15, 0.2) is 46.9 Å². The van der Waals surface area contributed by atoms with Crippen molar-refractivity contribution < 1.29 is 4.79 Å². The quantitative estimate of drug-likeness (QED) is 0.829. The predicted octanol–water partition coefficient (Wildman–Crippen LogP) is 5.13. The molecule has 0 saturated carbocycles. The van der Waals surface area contributed by atoms with Gasteiger partial charge in [-0.25, -0.2) is 0 Å². The Hall–Kier alpha value is -1.61. The minimum absolute atomic E-state index is 0.0959. The molecule has 1 amide bonds. The zero-order valence-electron chi connectivity index (χ0n) is 11.9. The van der Waals surface area contributed by atoms with Crippen molar-refractivity contribution in [3.8, 4) is 0 Å². The summed E-state index contributed by atoms with van der Waals surface area (Å²) in [5.41, 5.74) is 3.74. The maximum absolute atomic E-state index is 12.3. The van der Waals surface area contributed by atoms with Crippen LogP contribution in [0.2, 0.25) is 0 Å². The Morgan fingerprint density at radius 1 is 1.15 bits per heavy atom. The number of carbonyl (C=O) groups is 1. The first kappa shape index (κ1) is 14.8. The highest BCUT2D eigenvalue weighted by molar-refractivity contribution is 9.10. The number of hydrogen-bond acceptors (Lipinski definition) is 1. The molecule has 2 rings (SSSR count). The topological polar surface area (TPSA) is 29.1 Å². The van der Waals surface area contributed by atoms with Crippen LogP contribution in [0, 0.1) is 6.92 Å². The molecule has 0 radical (unpaired) electrons. The molecule has 0 unspecified atom stereocenters. The van der Waals surface area contributed by atoms with Gasteiger partial charge >= 0.3 is 0 Å². The van der Waals surface area contributed by atoms with E-state index in [4.69, 9.17) is 0 Å². The second-order valence-electron chi connectivity index (χ2n) is 5.17. The van der Waals surface area contributed by atoms with E-state index in [0.29, 0.717) is 11.5 Å². The number of halogens is 1. The average molecular weight is 332 g/mol. The zero-order chi connectivity index (χ0) is 14.7. The van der Waals surface area contributed by atoms with E-state index in [1.165, 1.54) is 5.56 Å². The normalized spacial score (nSPS) is 10.7. The van der Waals surface area contributed by atoms with Gasteiger partial charge in [0.2, 0.25) is 0 Å². The Labute approximate surface area is 128 Å². The molecule has 0 aromatic heterocycles. The monoisotopic (exact) mass is 331 g/mol. The summed E-state index contributed by atoms with van der Waals surface area (Å²) >= 11 is 3.47. The van der Waals surface area contributed by atoms with E-state index in [1.54, 1.807) is 0 Å². The van der Waals surface area contributed by atoms with Crippen molar-refractivity contribution in [1.82, 2.24) is 0 Å². The van der Waals surface area contributed by atoms with E-state index in [1.807, 2.05) is 43.3 Å². The predicted molar refractivity (Wildman–Crippen MR) is 87.4 cm³/mol. The van der Waals surface area contributed by atoms with Crippen molar-refractivity contribution >= 4 is 27.5 Å². The van der Waals surface area contributed by atoms with Crippen molar-refractivity contribution in [3.63, 3.8) is 0 Å². The van der Waals surface area contributed by atoms with Gasteiger partial charge in [0.05, 0.1) is 5.56 Å². The largest absolute Gasteiger partial charge is 0.322 e. The minimum atomic E-state index is -0.0959. The van der Waals surface area contributed by atoms with Crippen molar-refractivity contribution in [2.75, 3.05) is 5.32 Å². The molecule has 0 bridgehead atoms. The highest BCUT2D eigenvalue weighted by Crippen LogP contribution is 2.23. The van der Waals surface area contributed by atoms with E-state index in [9.17, 15) is 4.79 Å². The summed E-state index contributed by atoms with van der Waals surface area (Å²) in [5.74, 6) is 0.346. The van der Waals surface area contributed by atoms with Crippen molar-refractivity contribution in [2.45, 2.75) is 26.7 Å². The minimum Gasteiger partial charge on any atom is -0.322 e. The molecular weight excluding hydrogens is 314 g/mol. The second-order valence-corrected chi connectivity index (χ2v) is 5.96. The standard InChI is InChI=1S/C17H18BrNO/c1-11(2)13-7-5-8-14(10-13)19-17(20)15-9-4-6-12(3)16(15)18/h4-11H,1-3H3,(H,19,20). The molecule has 2 aromatic carbocycles. The molecule has 104 valence electrons. The Morgan fingerprint density at radius 3 is 2.55 bits per heavy atom. The van der Waals surface area contributed by atoms with Gasteiger partial charge in [0.1, 0.15) is 0 Å². The number of amides is 1. The third kappa shape index (κ3) is 3.28. The maximum atomic E-state index is 12.3. The summed E-state index contributed by atoms with van der Waals surface area (Å²) in [5, 5.41) is 2.95. The first-order valence-electron chi connectivity index (χ1n) is 6.65. The highest BCUT2D eigenvalue weighted by atomic mass is 79.9. The third-order valence-electron chi connectivity index (χ3n) is 3.25. The van der Waals surface area contributed by atoms with E-state index in [-0.39, 0.29) is 5.91 Å². The van der Waals surface area contributed by atoms with Gasteiger partial charge in [0, 0.05) is 10.2 Å². The van der Waals surface area contributed by atoms with Gasteiger partial charge in [0.15, 0.2) is 0 Å². The van der Waals surface area contributed by atoms with Crippen LogP contribution >= 0.6 is 15.9 Å². The van der Waals surface area contributed by atoms with Crippen LogP contribution in [0.5, 0.6) is 0 Å². The molecule has 0 fully saturated rings. The second kappa shape index (κ2) is 6.23. The molecule has 0 aliphatic heterocycles. The first-order chi connectivity index (χ1) is 9.49. The van der Waals surface area contributed by atoms with Crippen LogP contribution < -0.4 is 5.32 Å². The molecule has 3 heteroatoms. The summed E-state index contributed by atoms with van der Waals surface area (Å²) < 4.78 is 0.845. The number of nitrogens with one attached hydrogen (secondary N) is 1. The average Bonchev–Trinajstić information content (AvgIpc) is 2.42. The lowest BCUT2D eigenvalue weighted by molar-refractivity contribution is 0.102. The fraction of sp³-hybridized carbons (Fsp3) is 0.235. The van der Waals surface area contributed by atoms with Crippen LogP contribution in [0.25, 0.3) is 0 Å². The Kier molecular flexibility index (Phi) is 4.61. The lowest BCUT2D eigenvalue weighted by atomic mass is 10.0. The van der Waals surface area contributed by atoms with Gasteiger partial charge in [-0.3, -0.25) is 4.79 Å². The molecule has 1 N–H and O–H groups in total. The van der Waals surface area contributed by atoms with E-state index < -0.39 is 0 Å². The molecule has 2 aromatic rings. The molecule has 0 saturated heterocycles. The SMILES string of the molecule is Cc1cccc(C(=O)Nc2cccc(C(C)C)c2)c1Br. The smallest absolute Gasteiger partial charge is 0.256 e. The fourth-order valence-electron chi connectivity index (χ4n) is 2.00. The summed E-state index contributed by atoms with van der Waals surface area (Å²) in [6.45, 7) is 6.25. The molecule has 2 nitrogen and oxygen atoms in total. The lowest BCUT2D eigenvalue weighted by Gasteiger charge is -2.11. The van der Waals surface area contributed by atoms with Gasteiger partial charge in [-0.1, -0.05) is 38.1 Å². The van der Waals surface area contributed by atoms with E-state index >= 15 is 0 Å². The molecule has 0 heterocycles. The van der Waals surface area contributed by atoms with Crippen LogP contribution in [0.4, 0.5) is 5.69 Å². The van der Waals surface area contributed by atoms with Gasteiger partial charge < -0.3 is 5.32 Å². The molecule has 0 spiro atoms. The summed E-state index contributed by atoms with van der Waals surface area (Å²) in [6.07, 6.45) is 0. The van der Waals surface area contributed by atoms with E-state index in [0.717, 1.165) is 15.7 Å². The number of aryl methyl sites for hydroxylation is 1. The Balaban J connectivity index is 2.24. The number of anilines is 1. The highest BCUT2D eigenvalue weighted by Gasteiger charge is 2.11. The van der Waals surface area contributed by atoms with Gasteiger partial charge in [-0.2, -0.15) is 0 Å². The third-order valence-corrected chi connectivity index (χ3v) is 4.30. The first-order valence-corrected chi connectivity index (χ1v) is 7.44. The molecule has 0 aliphatic carbocycles. The molecule has 0 aliphatic rings. The fourth-order valence-corrected chi connectivity index (χ4v) is 2.44.